The maximum atomic E-state index is 9.13. The van der Waals surface area contributed by atoms with Crippen LogP contribution in [-0.2, 0) is 6.61 Å². The van der Waals surface area contributed by atoms with E-state index in [0.717, 1.165) is 26.3 Å². The van der Waals surface area contributed by atoms with Crippen molar-refractivity contribution in [2.75, 3.05) is 7.11 Å². The molecule has 1 aromatic carbocycles. The van der Waals surface area contributed by atoms with Crippen LogP contribution in [0, 0.1) is 0 Å². The summed E-state index contributed by atoms with van der Waals surface area (Å²) in [6.07, 6.45) is 0. The van der Waals surface area contributed by atoms with E-state index < -0.39 is 0 Å². The van der Waals surface area contributed by atoms with Gasteiger partial charge >= 0.3 is 0 Å². The zero-order valence-electron chi connectivity index (χ0n) is 7.65. The second-order valence-electron chi connectivity index (χ2n) is 2.91. The van der Waals surface area contributed by atoms with Crippen molar-refractivity contribution in [2.45, 2.75) is 11.5 Å². The lowest BCUT2D eigenvalue weighted by Crippen LogP contribution is -1.90. The number of rotatable bonds is 2. The van der Waals surface area contributed by atoms with Crippen LogP contribution in [0.2, 0.25) is 0 Å². The van der Waals surface area contributed by atoms with E-state index in [1.165, 1.54) is 0 Å². The van der Waals surface area contributed by atoms with E-state index in [2.05, 4.69) is 12.6 Å². The summed E-state index contributed by atoms with van der Waals surface area (Å²) in [5.74, 6) is 0.803. The van der Waals surface area contributed by atoms with Crippen molar-refractivity contribution >= 4 is 34.1 Å². The Kier molecular flexibility index (Phi) is 2.67. The van der Waals surface area contributed by atoms with Gasteiger partial charge in [-0.15, -0.1) is 24.0 Å². The molecular formula is C10H10O2S2. The smallest absolute Gasteiger partial charge is 0.137 e. The first-order valence-corrected chi connectivity index (χ1v) is 5.47. The first-order valence-electron chi connectivity index (χ1n) is 4.14. The Hall–Kier alpha value is -0.710. The molecule has 0 atom stereocenters. The average Bonchev–Trinajstić information content (AvgIpc) is 2.68. The fraction of sp³-hybridized carbons (Fsp3) is 0.200. The SMILES string of the molecule is COc1cc(CO)c(S)c2ccsc12. The molecule has 0 aliphatic carbocycles. The monoisotopic (exact) mass is 226 g/mol. The number of thiol groups is 1. The van der Waals surface area contributed by atoms with Crippen molar-refractivity contribution < 1.29 is 9.84 Å². The van der Waals surface area contributed by atoms with Gasteiger partial charge < -0.3 is 9.84 Å². The molecule has 0 fully saturated rings. The lowest BCUT2D eigenvalue weighted by molar-refractivity contribution is 0.278. The number of aliphatic hydroxyl groups excluding tert-OH is 1. The van der Waals surface area contributed by atoms with Crippen LogP contribution in [0.3, 0.4) is 0 Å². The number of benzene rings is 1. The summed E-state index contributed by atoms with van der Waals surface area (Å²) in [6, 6.07) is 3.82. The van der Waals surface area contributed by atoms with Gasteiger partial charge in [-0.25, -0.2) is 0 Å². The van der Waals surface area contributed by atoms with Crippen molar-refractivity contribution in [1.29, 1.82) is 0 Å². The van der Waals surface area contributed by atoms with Gasteiger partial charge in [0, 0.05) is 10.3 Å². The van der Waals surface area contributed by atoms with Crippen molar-refractivity contribution in [1.82, 2.24) is 0 Å². The van der Waals surface area contributed by atoms with Gasteiger partial charge in [0.1, 0.15) is 5.75 Å². The Morgan fingerprint density at radius 2 is 2.36 bits per heavy atom. The van der Waals surface area contributed by atoms with E-state index in [4.69, 9.17) is 9.84 Å². The fourth-order valence-corrected chi connectivity index (χ4v) is 2.72. The van der Waals surface area contributed by atoms with E-state index in [0.29, 0.717) is 0 Å². The number of hydrogen-bond acceptors (Lipinski definition) is 4. The lowest BCUT2D eigenvalue weighted by Gasteiger charge is -2.07. The van der Waals surface area contributed by atoms with Crippen LogP contribution in [0.5, 0.6) is 5.75 Å². The molecule has 14 heavy (non-hydrogen) atoms. The number of hydrogen-bond donors (Lipinski definition) is 2. The summed E-state index contributed by atoms with van der Waals surface area (Å²) < 4.78 is 6.33. The standard InChI is InChI=1S/C10H10O2S2/c1-12-8-4-6(5-11)9(13)7-2-3-14-10(7)8/h2-4,11,13H,5H2,1H3. The van der Waals surface area contributed by atoms with Gasteiger partial charge in [-0.05, 0) is 23.1 Å². The van der Waals surface area contributed by atoms with Crippen LogP contribution in [0.15, 0.2) is 22.4 Å². The summed E-state index contributed by atoms with van der Waals surface area (Å²) in [6.45, 7) is -0.0129. The van der Waals surface area contributed by atoms with Crippen LogP contribution in [0.4, 0.5) is 0 Å². The highest BCUT2D eigenvalue weighted by Crippen LogP contribution is 2.37. The molecule has 1 heterocycles. The van der Waals surface area contributed by atoms with Crippen LogP contribution in [-0.4, -0.2) is 12.2 Å². The molecule has 0 amide bonds. The molecule has 1 N–H and O–H groups in total. The van der Waals surface area contributed by atoms with Crippen LogP contribution >= 0.6 is 24.0 Å². The van der Waals surface area contributed by atoms with E-state index in [-0.39, 0.29) is 6.61 Å². The normalized spacial score (nSPS) is 10.8. The van der Waals surface area contributed by atoms with Gasteiger partial charge in [0.05, 0.1) is 18.4 Å². The van der Waals surface area contributed by atoms with E-state index >= 15 is 0 Å². The third-order valence-electron chi connectivity index (χ3n) is 2.14. The van der Waals surface area contributed by atoms with Crippen molar-refractivity contribution in [3.05, 3.63) is 23.1 Å². The zero-order valence-corrected chi connectivity index (χ0v) is 9.36. The Morgan fingerprint density at radius 3 is 3.00 bits per heavy atom. The average molecular weight is 226 g/mol. The molecule has 0 spiro atoms. The molecule has 0 radical (unpaired) electrons. The number of thiophene rings is 1. The highest BCUT2D eigenvalue weighted by molar-refractivity contribution is 7.80. The largest absolute Gasteiger partial charge is 0.495 e. The fourth-order valence-electron chi connectivity index (χ4n) is 1.42. The second kappa shape index (κ2) is 3.81. The minimum Gasteiger partial charge on any atom is -0.495 e. The second-order valence-corrected chi connectivity index (χ2v) is 4.27. The summed E-state index contributed by atoms with van der Waals surface area (Å²) in [7, 11) is 1.63. The van der Waals surface area contributed by atoms with Crippen molar-refractivity contribution in [2.24, 2.45) is 0 Å². The molecule has 2 aromatic rings. The summed E-state index contributed by atoms with van der Waals surface area (Å²) >= 11 is 6.00. The number of ether oxygens (including phenoxy) is 1. The molecule has 4 heteroatoms. The van der Waals surface area contributed by atoms with E-state index in [1.54, 1.807) is 18.4 Å². The minimum absolute atomic E-state index is 0.0129. The van der Waals surface area contributed by atoms with Crippen molar-refractivity contribution in [3.63, 3.8) is 0 Å². The van der Waals surface area contributed by atoms with Gasteiger partial charge in [-0.3, -0.25) is 0 Å². The first kappa shape index (κ1) is 9.83. The lowest BCUT2D eigenvalue weighted by atomic mass is 10.1. The molecule has 0 saturated heterocycles. The zero-order chi connectivity index (χ0) is 10.1. The third-order valence-corrected chi connectivity index (χ3v) is 3.60. The topological polar surface area (TPSA) is 29.5 Å². The molecule has 2 nitrogen and oxygen atoms in total. The Morgan fingerprint density at radius 1 is 1.57 bits per heavy atom. The predicted octanol–water partition coefficient (Wildman–Crippen LogP) is 2.69. The molecule has 74 valence electrons. The summed E-state index contributed by atoms with van der Waals surface area (Å²) in [5.41, 5.74) is 0.802. The predicted molar refractivity (Wildman–Crippen MR) is 61.6 cm³/mol. The molecule has 0 aliphatic heterocycles. The molecule has 2 rings (SSSR count). The first-order chi connectivity index (χ1) is 6.77. The van der Waals surface area contributed by atoms with Gasteiger partial charge in [0.15, 0.2) is 0 Å². The number of methoxy groups -OCH3 is 1. The van der Waals surface area contributed by atoms with E-state index in [9.17, 15) is 0 Å². The maximum Gasteiger partial charge on any atom is 0.137 e. The Balaban J connectivity index is 2.80. The quantitative estimate of drug-likeness (QED) is 0.771. The number of fused-ring (bicyclic) bond motifs is 1. The molecule has 1 aromatic heterocycles. The molecular weight excluding hydrogens is 216 g/mol. The van der Waals surface area contributed by atoms with E-state index in [1.807, 2.05) is 17.5 Å². The molecule has 0 aliphatic rings. The van der Waals surface area contributed by atoms with Crippen molar-refractivity contribution in [3.8, 4) is 5.75 Å². The van der Waals surface area contributed by atoms with Gasteiger partial charge in [-0.2, -0.15) is 0 Å². The molecule has 0 saturated carbocycles. The van der Waals surface area contributed by atoms with Crippen LogP contribution < -0.4 is 4.74 Å². The summed E-state index contributed by atoms with van der Waals surface area (Å²) in [4.78, 5) is 0.838. The highest BCUT2D eigenvalue weighted by atomic mass is 32.1. The molecule has 0 unspecified atom stereocenters. The number of aliphatic hydroxyl groups is 1. The molecule has 0 bridgehead atoms. The van der Waals surface area contributed by atoms with Crippen LogP contribution in [0.25, 0.3) is 10.1 Å². The van der Waals surface area contributed by atoms with Crippen LogP contribution in [0.1, 0.15) is 5.56 Å². The highest BCUT2D eigenvalue weighted by Gasteiger charge is 2.10. The maximum absolute atomic E-state index is 9.13. The Bertz CT molecular complexity index is 462. The van der Waals surface area contributed by atoms with Gasteiger partial charge in [0.2, 0.25) is 0 Å². The van der Waals surface area contributed by atoms with Gasteiger partial charge in [0.25, 0.3) is 0 Å². The summed E-state index contributed by atoms with van der Waals surface area (Å²) in [5, 5.41) is 12.2. The third kappa shape index (κ3) is 1.39. The minimum atomic E-state index is -0.0129. The Labute approximate surface area is 91.5 Å². The van der Waals surface area contributed by atoms with Gasteiger partial charge in [-0.1, -0.05) is 0 Å².